The average Bonchev–Trinajstić information content (AvgIpc) is 3.16. The highest BCUT2D eigenvalue weighted by molar-refractivity contribution is 6.06. The molecule has 4 aromatic carbocycles. The molecule has 254 valence electrons. The molecule has 3 amide bonds. The number of fused-ring (bicyclic) bond motifs is 3. The standard InChI is InChI=1S/C40H40F3N3O3/c1-2-9-33(37(44)47)34(23-25-10-7-11-25)38(48)45-36-32-16-4-3-14-30(32)31-15-5-6-17-35(31)46(39(36)49)24-26-12-8-13-28(22-26)27-18-20-29(21-19-27)40(41,42)43/h3-6,8,12-22,25,33-34,36H,2,7,9-11,23-24H2,1H3,(H2,44,47)(H,45,48). The maximum Gasteiger partial charge on any atom is 0.416 e. The summed E-state index contributed by atoms with van der Waals surface area (Å²) in [6, 6.07) is 26.4. The summed E-state index contributed by atoms with van der Waals surface area (Å²) in [5.41, 5.74) is 10.2. The van der Waals surface area contributed by atoms with Gasteiger partial charge in [0.1, 0.15) is 6.04 Å². The van der Waals surface area contributed by atoms with Gasteiger partial charge in [-0.1, -0.05) is 105 Å². The molecule has 3 unspecified atom stereocenters. The van der Waals surface area contributed by atoms with E-state index in [0.717, 1.165) is 48.1 Å². The molecule has 6 rings (SSSR count). The lowest BCUT2D eigenvalue weighted by Gasteiger charge is -2.33. The van der Waals surface area contributed by atoms with E-state index in [1.165, 1.54) is 12.1 Å². The fourth-order valence-corrected chi connectivity index (χ4v) is 7.17. The Labute approximate surface area is 284 Å². The average molecular weight is 668 g/mol. The lowest BCUT2D eigenvalue weighted by molar-refractivity contribution is -0.137. The van der Waals surface area contributed by atoms with Gasteiger partial charge < -0.3 is 16.0 Å². The van der Waals surface area contributed by atoms with Gasteiger partial charge in [0.25, 0.3) is 5.91 Å². The van der Waals surface area contributed by atoms with Crippen LogP contribution in [0.5, 0.6) is 0 Å². The van der Waals surface area contributed by atoms with Crippen molar-refractivity contribution in [2.75, 3.05) is 4.90 Å². The molecule has 0 aromatic heterocycles. The second-order valence-corrected chi connectivity index (χ2v) is 13.2. The van der Waals surface area contributed by atoms with Crippen molar-refractivity contribution >= 4 is 23.4 Å². The number of carbonyl (C=O) groups excluding carboxylic acids is 3. The molecule has 1 fully saturated rings. The second kappa shape index (κ2) is 14.3. The van der Waals surface area contributed by atoms with Gasteiger partial charge >= 0.3 is 6.18 Å². The van der Waals surface area contributed by atoms with Crippen molar-refractivity contribution < 1.29 is 27.6 Å². The van der Waals surface area contributed by atoms with Crippen molar-refractivity contribution in [3.63, 3.8) is 0 Å². The predicted molar refractivity (Wildman–Crippen MR) is 184 cm³/mol. The zero-order chi connectivity index (χ0) is 34.7. The van der Waals surface area contributed by atoms with Gasteiger partial charge in [-0.25, -0.2) is 0 Å². The molecule has 0 bridgehead atoms. The molecule has 0 radical (unpaired) electrons. The van der Waals surface area contributed by atoms with Crippen LogP contribution < -0.4 is 16.0 Å². The highest BCUT2D eigenvalue weighted by Gasteiger charge is 2.40. The number of hydrogen-bond acceptors (Lipinski definition) is 3. The van der Waals surface area contributed by atoms with Crippen LogP contribution in [0, 0.1) is 17.8 Å². The Kier molecular flexibility index (Phi) is 9.90. The van der Waals surface area contributed by atoms with Crippen molar-refractivity contribution in [2.24, 2.45) is 23.5 Å². The molecule has 0 saturated heterocycles. The fourth-order valence-electron chi connectivity index (χ4n) is 7.17. The quantitative estimate of drug-likeness (QED) is 0.168. The van der Waals surface area contributed by atoms with E-state index in [1.54, 1.807) is 4.90 Å². The third-order valence-electron chi connectivity index (χ3n) is 9.97. The van der Waals surface area contributed by atoms with Crippen LogP contribution in [0.4, 0.5) is 18.9 Å². The monoisotopic (exact) mass is 667 g/mol. The van der Waals surface area contributed by atoms with E-state index in [-0.39, 0.29) is 18.4 Å². The molecule has 6 nitrogen and oxygen atoms in total. The molecule has 1 aliphatic heterocycles. The van der Waals surface area contributed by atoms with Crippen LogP contribution in [0.1, 0.15) is 68.2 Å². The molecule has 2 aliphatic rings. The topological polar surface area (TPSA) is 92.5 Å². The van der Waals surface area contributed by atoms with Crippen molar-refractivity contribution in [2.45, 2.75) is 64.2 Å². The zero-order valence-electron chi connectivity index (χ0n) is 27.4. The number of alkyl halides is 3. The number of benzene rings is 4. The van der Waals surface area contributed by atoms with Gasteiger partial charge in [-0.3, -0.25) is 14.4 Å². The van der Waals surface area contributed by atoms with Crippen LogP contribution in [0.15, 0.2) is 97.1 Å². The van der Waals surface area contributed by atoms with E-state index < -0.39 is 35.5 Å². The Balaban J connectivity index is 1.36. The van der Waals surface area contributed by atoms with Crippen molar-refractivity contribution in [1.29, 1.82) is 0 Å². The van der Waals surface area contributed by atoms with Gasteiger partial charge in [-0.15, -0.1) is 0 Å². The number of nitrogens with two attached hydrogens (primary N) is 1. The summed E-state index contributed by atoms with van der Waals surface area (Å²) in [7, 11) is 0. The highest BCUT2D eigenvalue weighted by atomic mass is 19.4. The van der Waals surface area contributed by atoms with Gasteiger partial charge in [0, 0.05) is 17.4 Å². The van der Waals surface area contributed by atoms with E-state index >= 15 is 0 Å². The normalized spacial score (nSPS) is 17.3. The van der Waals surface area contributed by atoms with Crippen molar-refractivity contribution in [3.05, 3.63) is 114 Å². The number of halogens is 3. The molecule has 1 saturated carbocycles. The zero-order valence-corrected chi connectivity index (χ0v) is 27.4. The Morgan fingerprint density at radius 1 is 0.878 bits per heavy atom. The van der Waals surface area contributed by atoms with E-state index in [4.69, 9.17) is 5.73 Å². The molecule has 1 aliphatic carbocycles. The SMILES string of the molecule is CCCC(C(N)=O)C(CC1CCC1)C(=O)NC1C(=O)N(Cc2cccc(-c3ccc(C(F)(F)F)cc3)c2)c2ccccc2-c2ccccc21. The van der Waals surface area contributed by atoms with Crippen LogP contribution >= 0.6 is 0 Å². The lowest BCUT2D eigenvalue weighted by Crippen LogP contribution is -2.47. The number of rotatable bonds is 11. The van der Waals surface area contributed by atoms with Gasteiger partial charge in [-0.2, -0.15) is 13.2 Å². The molecule has 9 heteroatoms. The van der Waals surface area contributed by atoms with Crippen molar-refractivity contribution in [3.8, 4) is 22.3 Å². The minimum Gasteiger partial charge on any atom is -0.369 e. The molecule has 3 atom stereocenters. The first kappa shape index (κ1) is 34.0. The number of nitrogens with zero attached hydrogens (tertiary/aromatic N) is 1. The molecule has 4 aromatic rings. The van der Waals surface area contributed by atoms with Crippen LogP contribution in [0.25, 0.3) is 22.3 Å². The number of primary amides is 1. The van der Waals surface area contributed by atoms with Crippen LogP contribution in [0.2, 0.25) is 0 Å². The number of para-hydroxylation sites is 1. The van der Waals surface area contributed by atoms with Gasteiger partial charge in [0.05, 0.1) is 17.8 Å². The Bertz CT molecular complexity index is 1830. The number of amides is 3. The number of hydrogen-bond donors (Lipinski definition) is 2. The number of anilines is 1. The van der Waals surface area contributed by atoms with Crippen LogP contribution in [-0.2, 0) is 27.1 Å². The summed E-state index contributed by atoms with van der Waals surface area (Å²) in [5, 5.41) is 3.09. The summed E-state index contributed by atoms with van der Waals surface area (Å²) in [6.07, 6.45) is 0.392. The summed E-state index contributed by atoms with van der Waals surface area (Å²) in [5.74, 6) is -2.14. The van der Waals surface area contributed by atoms with Crippen LogP contribution in [0.3, 0.4) is 0 Å². The van der Waals surface area contributed by atoms with E-state index in [0.29, 0.717) is 47.6 Å². The number of nitrogens with one attached hydrogen (secondary N) is 1. The number of carbonyl (C=O) groups is 3. The van der Waals surface area contributed by atoms with E-state index in [1.807, 2.05) is 79.7 Å². The Morgan fingerprint density at radius 3 is 2.22 bits per heavy atom. The largest absolute Gasteiger partial charge is 0.416 e. The van der Waals surface area contributed by atoms with Crippen molar-refractivity contribution in [1.82, 2.24) is 5.32 Å². The highest BCUT2D eigenvalue weighted by Crippen LogP contribution is 2.42. The molecular formula is C40H40F3N3O3. The predicted octanol–water partition coefficient (Wildman–Crippen LogP) is 8.45. The van der Waals surface area contributed by atoms with Gasteiger partial charge in [0.2, 0.25) is 11.8 Å². The first-order valence-electron chi connectivity index (χ1n) is 16.9. The minimum absolute atomic E-state index is 0.149. The van der Waals surface area contributed by atoms with Gasteiger partial charge in [-0.05, 0) is 70.8 Å². The van der Waals surface area contributed by atoms with Gasteiger partial charge in [0.15, 0.2) is 0 Å². The first-order valence-corrected chi connectivity index (χ1v) is 16.9. The Hall–Kier alpha value is -4.92. The van der Waals surface area contributed by atoms with E-state index in [2.05, 4.69) is 5.32 Å². The van der Waals surface area contributed by atoms with Crippen LogP contribution in [-0.4, -0.2) is 17.7 Å². The summed E-state index contributed by atoms with van der Waals surface area (Å²) in [6.45, 7) is 2.11. The Morgan fingerprint density at radius 2 is 1.57 bits per heavy atom. The lowest BCUT2D eigenvalue weighted by atomic mass is 9.73. The second-order valence-electron chi connectivity index (χ2n) is 13.2. The van der Waals surface area contributed by atoms with E-state index in [9.17, 15) is 27.6 Å². The first-order chi connectivity index (χ1) is 23.5. The third kappa shape index (κ3) is 7.26. The maximum atomic E-state index is 14.8. The molecule has 49 heavy (non-hydrogen) atoms. The molecule has 3 N–H and O–H groups in total. The third-order valence-corrected chi connectivity index (χ3v) is 9.97. The summed E-state index contributed by atoms with van der Waals surface area (Å²) < 4.78 is 39.6. The summed E-state index contributed by atoms with van der Waals surface area (Å²) in [4.78, 5) is 43.3. The maximum absolute atomic E-state index is 14.8. The molecular weight excluding hydrogens is 627 g/mol. The molecule has 0 spiro atoms. The minimum atomic E-state index is -4.43. The fraction of sp³-hybridized carbons (Fsp3) is 0.325. The smallest absolute Gasteiger partial charge is 0.369 e. The molecule has 1 heterocycles. The summed E-state index contributed by atoms with van der Waals surface area (Å²) >= 11 is 0.